The van der Waals surface area contributed by atoms with Crippen molar-refractivity contribution in [3.05, 3.63) is 65.2 Å². The molecule has 0 saturated heterocycles. The number of anilines is 1. The Morgan fingerprint density at radius 2 is 1.81 bits per heavy atom. The molecular weight excluding hydrogens is 260 g/mol. The van der Waals surface area contributed by atoms with E-state index in [0.29, 0.717) is 16.8 Å². The van der Waals surface area contributed by atoms with Gasteiger partial charge in [0.25, 0.3) is 0 Å². The number of nitriles is 1. The fourth-order valence-electron chi connectivity index (χ4n) is 2.07. The summed E-state index contributed by atoms with van der Waals surface area (Å²) < 4.78 is 0. The molecule has 106 valence electrons. The Labute approximate surface area is 125 Å². The van der Waals surface area contributed by atoms with E-state index in [-0.39, 0.29) is 5.78 Å². The topological polar surface area (TPSA) is 52.9 Å². The predicted molar refractivity (Wildman–Crippen MR) is 84.4 cm³/mol. The average Bonchev–Trinajstić information content (AvgIpc) is 2.47. The van der Waals surface area contributed by atoms with E-state index in [9.17, 15) is 10.1 Å². The second kappa shape index (κ2) is 5.80. The molecule has 0 amide bonds. The molecule has 2 rings (SSSR count). The van der Waals surface area contributed by atoms with Crippen molar-refractivity contribution in [2.75, 3.05) is 5.32 Å². The van der Waals surface area contributed by atoms with E-state index in [1.54, 1.807) is 32.0 Å². The highest BCUT2D eigenvalue weighted by Crippen LogP contribution is 2.24. The van der Waals surface area contributed by atoms with Crippen LogP contribution >= 0.6 is 0 Å². The maximum Gasteiger partial charge on any atom is 0.195 e. The minimum absolute atomic E-state index is 0.0492. The van der Waals surface area contributed by atoms with E-state index in [1.807, 2.05) is 37.3 Å². The third-order valence-electron chi connectivity index (χ3n) is 3.18. The summed E-state index contributed by atoms with van der Waals surface area (Å²) in [6, 6.07) is 16.9. The van der Waals surface area contributed by atoms with Crippen LogP contribution in [0.3, 0.4) is 0 Å². The van der Waals surface area contributed by atoms with Gasteiger partial charge in [-0.1, -0.05) is 36.4 Å². The SMILES string of the molecule is Cc1ccc(C(=O)c2ccccc2)c(NC(C)(C)C#N)c1. The second-order valence-corrected chi connectivity index (χ2v) is 5.61. The van der Waals surface area contributed by atoms with Crippen LogP contribution in [0.2, 0.25) is 0 Å². The zero-order valence-corrected chi connectivity index (χ0v) is 12.5. The van der Waals surface area contributed by atoms with Crippen LogP contribution in [0.1, 0.15) is 35.3 Å². The summed E-state index contributed by atoms with van der Waals surface area (Å²) in [5.74, 6) is -0.0492. The van der Waals surface area contributed by atoms with E-state index in [2.05, 4.69) is 11.4 Å². The molecule has 0 aliphatic carbocycles. The number of hydrogen-bond acceptors (Lipinski definition) is 3. The van der Waals surface area contributed by atoms with Crippen LogP contribution < -0.4 is 5.32 Å². The normalized spacial score (nSPS) is 10.8. The molecule has 0 atom stereocenters. The van der Waals surface area contributed by atoms with Crippen molar-refractivity contribution in [2.45, 2.75) is 26.3 Å². The molecule has 0 bridgehead atoms. The van der Waals surface area contributed by atoms with Crippen molar-refractivity contribution in [1.82, 2.24) is 0 Å². The standard InChI is InChI=1S/C18H18N2O/c1-13-9-10-15(16(11-13)20-18(2,3)12-19)17(21)14-7-5-4-6-8-14/h4-11,20H,1-3H3. The quantitative estimate of drug-likeness (QED) is 0.862. The fraction of sp³-hybridized carbons (Fsp3) is 0.222. The predicted octanol–water partition coefficient (Wildman–Crippen LogP) is 3.94. The molecule has 2 aromatic rings. The maximum absolute atomic E-state index is 12.6. The molecule has 0 spiro atoms. The van der Waals surface area contributed by atoms with Gasteiger partial charge in [-0.2, -0.15) is 5.26 Å². The van der Waals surface area contributed by atoms with Crippen molar-refractivity contribution in [3.63, 3.8) is 0 Å². The third kappa shape index (κ3) is 3.49. The van der Waals surface area contributed by atoms with E-state index >= 15 is 0 Å². The summed E-state index contributed by atoms with van der Waals surface area (Å²) >= 11 is 0. The van der Waals surface area contributed by atoms with Crippen molar-refractivity contribution in [2.24, 2.45) is 0 Å². The third-order valence-corrected chi connectivity index (χ3v) is 3.18. The van der Waals surface area contributed by atoms with Crippen molar-refractivity contribution >= 4 is 11.5 Å². The Morgan fingerprint density at radius 3 is 2.43 bits per heavy atom. The van der Waals surface area contributed by atoms with Crippen molar-refractivity contribution in [1.29, 1.82) is 5.26 Å². The maximum atomic E-state index is 12.6. The first-order valence-corrected chi connectivity index (χ1v) is 6.83. The Balaban J connectivity index is 2.45. The minimum Gasteiger partial charge on any atom is -0.367 e. The molecule has 0 fully saturated rings. The average molecular weight is 278 g/mol. The van der Waals surface area contributed by atoms with E-state index in [4.69, 9.17) is 0 Å². The summed E-state index contributed by atoms with van der Waals surface area (Å²) in [6.07, 6.45) is 0. The first-order valence-electron chi connectivity index (χ1n) is 6.83. The highest BCUT2D eigenvalue weighted by Gasteiger charge is 2.20. The van der Waals surface area contributed by atoms with Crippen molar-refractivity contribution < 1.29 is 4.79 Å². The summed E-state index contributed by atoms with van der Waals surface area (Å²) in [5, 5.41) is 12.3. The zero-order chi connectivity index (χ0) is 15.5. The van der Waals surface area contributed by atoms with Gasteiger partial charge in [0.2, 0.25) is 0 Å². The van der Waals surface area contributed by atoms with E-state index in [0.717, 1.165) is 5.56 Å². The van der Waals surface area contributed by atoms with Gasteiger partial charge in [-0.15, -0.1) is 0 Å². The second-order valence-electron chi connectivity index (χ2n) is 5.61. The van der Waals surface area contributed by atoms with Crippen LogP contribution in [0, 0.1) is 18.3 Å². The molecule has 0 aliphatic heterocycles. The van der Waals surface area contributed by atoms with Crippen LogP contribution in [0.4, 0.5) is 5.69 Å². The smallest absolute Gasteiger partial charge is 0.195 e. The molecule has 0 unspecified atom stereocenters. The van der Waals surface area contributed by atoms with Crippen molar-refractivity contribution in [3.8, 4) is 6.07 Å². The zero-order valence-electron chi connectivity index (χ0n) is 12.5. The number of ketones is 1. The van der Waals surface area contributed by atoms with Crippen LogP contribution in [0.5, 0.6) is 0 Å². The number of nitrogens with one attached hydrogen (secondary N) is 1. The van der Waals surface area contributed by atoms with Gasteiger partial charge in [0.1, 0.15) is 5.54 Å². The minimum atomic E-state index is -0.737. The van der Waals surface area contributed by atoms with Gasteiger partial charge in [-0.05, 0) is 38.5 Å². The van der Waals surface area contributed by atoms with Gasteiger partial charge in [-0.25, -0.2) is 0 Å². The molecule has 0 heterocycles. The summed E-state index contributed by atoms with van der Waals surface area (Å²) in [5.41, 5.74) is 2.21. The molecule has 3 nitrogen and oxygen atoms in total. The molecule has 3 heteroatoms. The van der Waals surface area contributed by atoms with Crippen LogP contribution in [0.25, 0.3) is 0 Å². The number of carbonyl (C=O) groups is 1. The lowest BCUT2D eigenvalue weighted by Crippen LogP contribution is -2.29. The lowest BCUT2D eigenvalue weighted by Gasteiger charge is -2.21. The molecular formula is C18H18N2O. The molecule has 0 aromatic heterocycles. The monoisotopic (exact) mass is 278 g/mol. The Bertz CT molecular complexity index is 697. The van der Waals surface area contributed by atoms with Gasteiger partial charge in [0.15, 0.2) is 5.78 Å². The summed E-state index contributed by atoms with van der Waals surface area (Å²) in [6.45, 7) is 5.53. The largest absolute Gasteiger partial charge is 0.367 e. The number of benzene rings is 2. The number of nitrogens with zero attached hydrogens (tertiary/aromatic N) is 1. The molecule has 0 radical (unpaired) electrons. The lowest BCUT2D eigenvalue weighted by molar-refractivity contribution is 0.103. The highest BCUT2D eigenvalue weighted by molar-refractivity contribution is 6.12. The Hall–Kier alpha value is -2.60. The lowest BCUT2D eigenvalue weighted by atomic mass is 9.98. The number of rotatable bonds is 4. The van der Waals surface area contributed by atoms with Gasteiger partial charge < -0.3 is 5.32 Å². The Morgan fingerprint density at radius 1 is 1.14 bits per heavy atom. The molecule has 2 aromatic carbocycles. The van der Waals surface area contributed by atoms with Crippen LogP contribution in [-0.2, 0) is 0 Å². The summed E-state index contributed by atoms with van der Waals surface area (Å²) in [4.78, 5) is 12.6. The van der Waals surface area contributed by atoms with Crippen LogP contribution in [-0.4, -0.2) is 11.3 Å². The molecule has 1 N–H and O–H groups in total. The first-order chi connectivity index (χ1) is 9.93. The van der Waals surface area contributed by atoms with Gasteiger partial charge in [-0.3, -0.25) is 4.79 Å². The van der Waals surface area contributed by atoms with Gasteiger partial charge in [0, 0.05) is 16.8 Å². The molecule has 0 saturated carbocycles. The molecule has 0 aliphatic rings. The fourth-order valence-corrected chi connectivity index (χ4v) is 2.07. The van der Waals surface area contributed by atoms with E-state index < -0.39 is 5.54 Å². The van der Waals surface area contributed by atoms with Gasteiger partial charge >= 0.3 is 0 Å². The van der Waals surface area contributed by atoms with Crippen LogP contribution in [0.15, 0.2) is 48.5 Å². The Kier molecular flexibility index (Phi) is 4.09. The van der Waals surface area contributed by atoms with Gasteiger partial charge in [0.05, 0.1) is 6.07 Å². The molecule has 21 heavy (non-hydrogen) atoms. The number of aryl methyl sites for hydroxylation is 1. The first kappa shape index (κ1) is 14.8. The highest BCUT2D eigenvalue weighted by atomic mass is 16.1. The number of carbonyl (C=O) groups excluding carboxylic acids is 1. The number of hydrogen-bond donors (Lipinski definition) is 1. The summed E-state index contributed by atoms with van der Waals surface area (Å²) in [7, 11) is 0. The van der Waals surface area contributed by atoms with E-state index in [1.165, 1.54) is 0 Å².